The Morgan fingerprint density at radius 1 is 1.26 bits per heavy atom. The Bertz CT molecular complexity index is 829. The zero-order chi connectivity index (χ0) is 22.4. The van der Waals surface area contributed by atoms with Crippen LogP contribution in [-0.2, 0) is 9.36 Å². The molecule has 0 bridgehead atoms. The number of ether oxygens (including phenoxy) is 1. The lowest BCUT2D eigenvalue weighted by molar-refractivity contribution is -0.111. The van der Waals surface area contributed by atoms with Gasteiger partial charge < -0.3 is 25.3 Å². The van der Waals surface area contributed by atoms with E-state index in [9.17, 15) is 9.36 Å². The number of hydrogen-bond donors (Lipinski definition) is 6. The van der Waals surface area contributed by atoms with E-state index in [1.807, 2.05) is 25.5 Å². The number of hydrogen-bond acceptors (Lipinski definition) is 8. The fourth-order valence-corrected chi connectivity index (χ4v) is 5.87. The molecule has 4 atom stereocenters. The Kier molecular flexibility index (Phi) is 8.13. The molecule has 4 unspecified atom stereocenters. The lowest BCUT2D eigenvalue weighted by Gasteiger charge is -2.40. The summed E-state index contributed by atoms with van der Waals surface area (Å²) in [5, 5.41) is 20.2. The van der Waals surface area contributed by atoms with Crippen molar-refractivity contribution in [3.63, 3.8) is 0 Å². The molecule has 31 heavy (non-hydrogen) atoms. The lowest BCUT2D eigenvalue weighted by atomic mass is 10.1. The van der Waals surface area contributed by atoms with Gasteiger partial charge in [-0.2, -0.15) is 0 Å². The van der Waals surface area contributed by atoms with Crippen LogP contribution < -0.4 is 36.6 Å². The molecule has 0 spiro atoms. The van der Waals surface area contributed by atoms with Crippen LogP contribution in [0.3, 0.4) is 0 Å². The van der Waals surface area contributed by atoms with Crippen LogP contribution >= 0.6 is 7.14 Å². The molecule has 1 amide bonds. The van der Waals surface area contributed by atoms with Crippen LogP contribution in [0.1, 0.15) is 19.3 Å². The first kappa shape index (κ1) is 23.8. The van der Waals surface area contributed by atoms with Crippen molar-refractivity contribution < 1.29 is 14.1 Å². The van der Waals surface area contributed by atoms with Gasteiger partial charge in [-0.25, -0.2) is 0 Å². The summed E-state index contributed by atoms with van der Waals surface area (Å²) >= 11 is 0. The molecule has 3 rings (SSSR count). The van der Waals surface area contributed by atoms with Crippen molar-refractivity contribution in [1.82, 2.24) is 21.3 Å². The van der Waals surface area contributed by atoms with Gasteiger partial charge in [-0.3, -0.25) is 20.7 Å². The summed E-state index contributed by atoms with van der Waals surface area (Å²) in [6, 6.07) is 5.44. The number of rotatable bonds is 8. The zero-order valence-corrected chi connectivity index (χ0v) is 19.4. The Hall–Kier alpha value is -1.90. The van der Waals surface area contributed by atoms with Gasteiger partial charge in [-0.1, -0.05) is 6.58 Å². The van der Waals surface area contributed by atoms with Crippen LogP contribution in [0.4, 0.5) is 11.4 Å². The average molecular weight is 451 g/mol. The van der Waals surface area contributed by atoms with Gasteiger partial charge in [0.05, 0.1) is 38.4 Å². The minimum Gasteiger partial charge on any atom is -0.495 e. The van der Waals surface area contributed by atoms with E-state index in [0.717, 1.165) is 31.5 Å². The topological polar surface area (TPSA) is 116 Å². The minimum absolute atomic E-state index is 0.0184. The van der Waals surface area contributed by atoms with Gasteiger partial charge >= 0.3 is 0 Å². The monoisotopic (exact) mass is 450 g/mol. The second-order valence-corrected chi connectivity index (χ2v) is 12.0. The number of amides is 1. The van der Waals surface area contributed by atoms with E-state index in [1.54, 1.807) is 13.2 Å². The maximum absolute atomic E-state index is 12.8. The molecule has 2 aliphatic heterocycles. The molecule has 2 fully saturated rings. The maximum atomic E-state index is 12.8. The second kappa shape index (κ2) is 10.6. The van der Waals surface area contributed by atoms with Gasteiger partial charge in [0.2, 0.25) is 5.91 Å². The van der Waals surface area contributed by atoms with Gasteiger partial charge in [0.1, 0.15) is 5.75 Å². The normalized spacial score (nSPS) is 26.7. The van der Waals surface area contributed by atoms with Gasteiger partial charge in [0.15, 0.2) is 0 Å². The molecule has 2 heterocycles. The van der Waals surface area contributed by atoms with E-state index in [1.165, 1.54) is 6.08 Å². The molecule has 0 saturated carbocycles. The average Bonchev–Trinajstić information content (AvgIpc) is 2.74. The first-order valence-electron chi connectivity index (χ1n) is 10.7. The van der Waals surface area contributed by atoms with Gasteiger partial charge in [0, 0.05) is 24.4 Å². The summed E-state index contributed by atoms with van der Waals surface area (Å²) in [6.45, 7) is 8.80. The number of anilines is 2. The summed E-state index contributed by atoms with van der Waals surface area (Å²) in [4.78, 5) is 11.6. The van der Waals surface area contributed by atoms with E-state index in [2.05, 4.69) is 38.5 Å². The van der Waals surface area contributed by atoms with E-state index in [0.29, 0.717) is 18.1 Å². The lowest BCUT2D eigenvalue weighted by Crippen LogP contribution is -2.64. The Balaban J connectivity index is 1.65. The highest BCUT2D eigenvalue weighted by Gasteiger charge is 2.35. The third-order valence-electron chi connectivity index (χ3n) is 5.76. The molecule has 2 saturated heterocycles. The van der Waals surface area contributed by atoms with E-state index >= 15 is 0 Å². The van der Waals surface area contributed by atoms with E-state index < -0.39 is 7.14 Å². The van der Waals surface area contributed by atoms with Crippen molar-refractivity contribution in [3.05, 3.63) is 30.9 Å². The highest BCUT2D eigenvalue weighted by Crippen LogP contribution is 2.46. The number of methoxy groups -OCH3 is 1. The van der Waals surface area contributed by atoms with Crippen LogP contribution in [0.25, 0.3) is 0 Å². The zero-order valence-electron chi connectivity index (χ0n) is 18.5. The molecular weight excluding hydrogens is 415 g/mol. The van der Waals surface area contributed by atoms with Gasteiger partial charge in [0.25, 0.3) is 0 Å². The quantitative estimate of drug-likeness (QED) is 0.262. The second-order valence-electron chi connectivity index (χ2n) is 8.42. The van der Waals surface area contributed by atoms with Crippen LogP contribution in [-0.4, -0.2) is 63.7 Å². The number of carbonyl (C=O) groups excluding carboxylic acids is 1. The largest absolute Gasteiger partial charge is 0.495 e. The maximum Gasteiger partial charge on any atom is 0.247 e. The highest BCUT2D eigenvalue weighted by molar-refractivity contribution is 7.63. The van der Waals surface area contributed by atoms with Crippen molar-refractivity contribution in [2.75, 3.05) is 44.3 Å². The molecule has 0 aromatic heterocycles. The molecule has 2 aliphatic rings. The Morgan fingerprint density at radius 3 is 2.74 bits per heavy atom. The summed E-state index contributed by atoms with van der Waals surface area (Å²) in [7, 11) is -0.591. The third kappa shape index (κ3) is 6.54. The van der Waals surface area contributed by atoms with Crippen molar-refractivity contribution in [2.45, 2.75) is 43.4 Å². The van der Waals surface area contributed by atoms with Crippen molar-refractivity contribution in [3.8, 4) is 5.75 Å². The first-order valence-corrected chi connectivity index (χ1v) is 13.4. The molecule has 1 aromatic rings. The first-order chi connectivity index (χ1) is 14.8. The van der Waals surface area contributed by atoms with Crippen LogP contribution in [0.5, 0.6) is 5.75 Å². The summed E-state index contributed by atoms with van der Waals surface area (Å²) in [6.07, 6.45) is 4.08. The number of piperidine rings is 1. The summed E-state index contributed by atoms with van der Waals surface area (Å²) < 4.78 is 18.2. The molecule has 6 N–H and O–H groups in total. The van der Waals surface area contributed by atoms with E-state index in [4.69, 9.17) is 4.74 Å². The molecule has 10 heteroatoms. The van der Waals surface area contributed by atoms with Crippen LogP contribution in [0.15, 0.2) is 30.9 Å². The standard InChI is InChI=1S/C21H35N6O3P/c1-5-20(28)25-14-8-9-16(30-2)15(11-14)26-18-12-19(24-13-23-18)27-21-17(31(3,4)29)7-6-10-22-21/h5,8-9,11,17-19,21-24,26-27H,1,6-7,10,12-13H2,2-4H3,(H,25,28). The molecular formula is C21H35N6O3P. The predicted molar refractivity (Wildman–Crippen MR) is 126 cm³/mol. The fourth-order valence-electron chi connectivity index (χ4n) is 4.15. The van der Waals surface area contributed by atoms with Crippen LogP contribution in [0, 0.1) is 0 Å². The Morgan fingerprint density at radius 2 is 2.03 bits per heavy atom. The van der Waals surface area contributed by atoms with E-state index in [-0.39, 0.29) is 30.1 Å². The number of nitrogens with one attached hydrogen (secondary N) is 6. The fraction of sp³-hybridized carbons (Fsp3) is 0.571. The SMILES string of the molecule is C=CC(=O)Nc1ccc(OC)c(NC2CC(NC3NCCCC3P(C)(C)=O)NCN2)c1. The number of benzene rings is 1. The smallest absolute Gasteiger partial charge is 0.247 e. The predicted octanol–water partition coefficient (Wildman–Crippen LogP) is 1.71. The third-order valence-corrected chi connectivity index (χ3v) is 7.91. The summed E-state index contributed by atoms with van der Waals surface area (Å²) in [5.41, 5.74) is 1.57. The van der Waals surface area contributed by atoms with Crippen LogP contribution in [0.2, 0.25) is 0 Å². The van der Waals surface area contributed by atoms with Gasteiger partial charge in [-0.15, -0.1) is 0 Å². The molecule has 172 valence electrons. The minimum atomic E-state index is -2.21. The highest BCUT2D eigenvalue weighted by atomic mass is 31.2. The number of carbonyl (C=O) groups is 1. The molecule has 0 radical (unpaired) electrons. The molecule has 1 aromatic carbocycles. The summed E-state index contributed by atoms with van der Waals surface area (Å²) in [5.74, 6) is 0.424. The Labute approximate surface area is 184 Å². The molecule has 0 aliphatic carbocycles. The van der Waals surface area contributed by atoms with Crippen molar-refractivity contribution in [1.29, 1.82) is 0 Å². The van der Waals surface area contributed by atoms with Crippen molar-refractivity contribution >= 4 is 24.4 Å². The van der Waals surface area contributed by atoms with Crippen molar-refractivity contribution in [2.24, 2.45) is 0 Å². The molecule has 9 nitrogen and oxygen atoms in total. The van der Waals surface area contributed by atoms with Gasteiger partial charge in [-0.05, 0) is 57.0 Å².